The van der Waals surface area contributed by atoms with E-state index in [4.69, 9.17) is 4.74 Å². The maximum Gasteiger partial charge on any atom is 0.261 e. The number of hydrogen-bond donors (Lipinski definition) is 2. The lowest BCUT2D eigenvalue weighted by molar-refractivity contribution is -0.129. The Balaban J connectivity index is 2.13. The van der Waals surface area contributed by atoms with Crippen LogP contribution >= 0.6 is 0 Å². The molecular weight excluding hydrogens is 302 g/mol. The third-order valence-corrected chi connectivity index (χ3v) is 4.75. The molecule has 0 aliphatic carbocycles. The molecule has 24 heavy (non-hydrogen) atoms. The number of rotatable bonds is 8. The average Bonchev–Trinajstić information content (AvgIpc) is 2.61. The summed E-state index contributed by atoms with van der Waals surface area (Å²) in [7, 11) is 0. The second-order valence-corrected chi connectivity index (χ2v) is 6.19. The van der Waals surface area contributed by atoms with Crippen molar-refractivity contribution >= 4 is 16.7 Å². The summed E-state index contributed by atoms with van der Waals surface area (Å²) < 4.78 is 5.93. The first-order chi connectivity index (χ1) is 11.5. The highest BCUT2D eigenvalue weighted by Crippen LogP contribution is 2.26. The number of carbonyl (C=O) groups excluding carboxylic acids is 1. The smallest absolute Gasteiger partial charge is 0.261 e. The lowest BCUT2D eigenvalue weighted by atomic mass is 9.89. The lowest BCUT2D eigenvalue weighted by Crippen LogP contribution is -2.52. The third-order valence-electron chi connectivity index (χ3n) is 4.75. The number of aliphatic hydroxyl groups is 1. The van der Waals surface area contributed by atoms with Crippen LogP contribution in [0.1, 0.15) is 40.0 Å². The van der Waals surface area contributed by atoms with Gasteiger partial charge in [-0.25, -0.2) is 0 Å². The van der Waals surface area contributed by atoms with Gasteiger partial charge in [0.15, 0.2) is 6.10 Å². The van der Waals surface area contributed by atoms with Gasteiger partial charge < -0.3 is 15.2 Å². The highest BCUT2D eigenvalue weighted by atomic mass is 16.5. The second-order valence-electron chi connectivity index (χ2n) is 6.19. The quantitative estimate of drug-likeness (QED) is 0.777. The van der Waals surface area contributed by atoms with Crippen molar-refractivity contribution in [1.82, 2.24) is 5.32 Å². The number of amides is 1. The van der Waals surface area contributed by atoms with Gasteiger partial charge in [-0.1, -0.05) is 50.2 Å². The number of nitrogens with one attached hydrogen (secondary N) is 1. The Labute approximate surface area is 143 Å². The zero-order valence-corrected chi connectivity index (χ0v) is 14.7. The largest absolute Gasteiger partial charge is 0.480 e. The van der Waals surface area contributed by atoms with Crippen molar-refractivity contribution < 1.29 is 14.6 Å². The minimum absolute atomic E-state index is 0.0561. The zero-order valence-electron chi connectivity index (χ0n) is 14.7. The molecule has 0 aromatic heterocycles. The zero-order chi connectivity index (χ0) is 17.6. The third kappa shape index (κ3) is 4.06. The molecular formula is C20H27NO3. The molecule has 2 rings (SSSR count). The minimum atomic E-state index is -0.605. The predicted octanol–water partition coefficient (Wildman–Crippen LogP) is 3.66. The normalized spacial score (nSPS) is 12.8. The molecule has 0 bridgehead atoms. The van der Waals surface area contributed by atoms with Crippen molar-refractivity contribution in [2.75, 3.05) is 6.61 Å². The van der Waals surface area contributed by atoms with E-state index in [0.29, 0.717) is 12.2 Å². The molecule has 0 saturated carbocycles. The van der Waals surface area contributed by atoms with E-state index in [-0.39, 0.29) is 18.1 Å². The fraction of sp³-hybridized carbons (Fsp3) is 0.450. The fourth-order valence-corrected chi connectivity index (χ4v) is 2.96. The summed E-state index contributed by atoms with van der Waals surface area (Å²) in [6.45, 7) is 5.86. The molecule has 4 nitrogen and oxygen atoms in total. The van der Waals surface area contributed by atoms with Gasteiger partial charge >= 0.3 is 0 Å². The van der Waals surface area contributed by atoms with Crippen LogP contribution in [0.4, 0.5) is 0 Å². The first-order valence-electron chi connectivity index (χ1n) is 8.62. The Bertz CT molecular complexity index is 674. The maximum atomic E-state index is 12.6. The Morgan fingerprint density at radius 2 is 1.83 bits per heavy atom. The Morgan fingerprint density at radius 3 is 2.50 bits per heavy atom. The van der Waals surface area contributed by atoms with E-state index in [1.165, 1.54) is 0 Å². The van der Waals surface area contributed by atoms with Gasteiger partial charge in [-0.3, -0.25) is 4.79 Å². The monoisotopic (exact) mass is 329 g/mol. The highest BCUT2D eigenvalue weighted by Gasteiger charge is 2.30. The van der Waals surface area contributed by atoms with E-state index >= 15 is 0 Å². The fourth-order valence-electron chi connectivity index (χ4n) is 2.96. The van der Waals surface area contributed by atoms with Crippen LogP contribution in [0.5, 0.6) is 5.75 Å². The van der Waals surface area contributed by atoms with Crippen molar-refractivity contribution in [1.29, 1.82) is 0 Å². The van der Waals surface area contributed by atoms with Crippen molar-refractivity contribution in [2.24, 2.45) is 0 Å². The number of hydrogen-bond acceptors (Lipinski definition) is 3. The molecule has 0 radical (unpaired) electrons. The Morgan fingerprint density at radius 1 is 1.17 bits per heavy atom. The van der Waals surface area contributed by atoms with Crippen LogP contribution in [-0.2, 0) is 4.79 Å². The molecule has 2 aromatic rings. The van der Waals surface area contributed by atoms with Crippen LogP contribution in [0.3, 0.4) is 0 Å². The summed E-state index contributed by atoms with van der Waals surface area (Å²) in [6, 6.07) is 13.8. The number of carbonyl (C=O) groups is 1. The van der Waals surface area contributed by atoms with Crippen LogP contribution in [0.25, 0.3) is 10.8 Å². The lowest BCUT2D eigenvalue weighted by Gasteiger charge is -2.33. The van der Waals surface area contributed by atoms with Crippen molar-refractivity contribution in [2.45, 2.75) is 51.7 Å². The molecule has 2 N–H and O–H groups in total. The van der Waals surface area contributed by atoms with Crippen LogP contribution in [0.15, 0.2) is 42.5 Å². The van der Waals surface area contributed by atoms with Gasteiger partial charge in [0, 0.05) is 17.5 Å². The summed E-state index contributed by atoms with van der Waals surface area (Å²) in [5.41, 5.74) is -0.373. The first kappa shape index (κ1) is 18.3. The van der Waals surface area contributed by atoms with E-state index in [0.717, 1.165) is 23.6 Å². The summed E-state index contributed by atoms with van der Waals surface area (Å²) in [5.74, 6) is 0.552. The minimum Gasteiger partial charge on any atom is -0.480 e. The van der Waals surface area contributed by atoms with Gasteiger partial charge in [-0.15, -0.1) is 0 Å². The van der Waals surface area contributed by atoms with Gasteiger partial charge in [0.2, 0.25) is 0 Å². The Kier molecular flexibility index (Phi) is 6.21. The number of ether oxygens (including phenoxy) is 1. The van der Waals surface area contributed by atoms with E-state index in [1.807, 2.05) is 56.3 Å². The van der Waals surface area contributed by atoms with Crippen LogP contribution in [0.2, 0.25) is 0 Å². The molecule has 0 fully saturated rings. The standard InChI is InChI=1S/C20H27NO3/c1-4-20(5-2,13-14-22)21-19(23)15(3)24-18-12-8-10-16-9-6-7-11-17(16)18/h6-12,15,22H,4-5,13-14H2,1-3H3,(H,21,23)/t15-/m1/s1. The SMILES string of the molecule is CCC(CC)(CCO)NC(=O)[C@@H](C)Oc1cccc2ccccc12. The molecule has 0 unspecified atom stereocenters. The summed E-state index contributed by atoms with van der Waals surface area (Å²) in [4.78, 5) is 12.6. The van der Waals surface area contributed by atoms with E-state index in [1.54, 1.807) is 6.92 Å². The summed E-state index contributed by atoms with van der Waals surface area (Å²) >= 11 is 0. The number of aliphatic hydroxyl groups excluding tert-OH is 1. The van der Waals surface area contributed by atoms with Gasteiger partial charge in [0.05, 0.1) is 0 Å². The van der Waals surface area contributed by atoms with Crippen LogP contribution in [-0.4, -0.2) is 29.3 Å². The highest BCUT2D eigenvalue weighted by molar-refractivity contribution is 5.89. The molecule has 0 aliphatic heterocycles. The predicted molar refractivity (Wildman–Crippen MR) is 97.2 cm³/mol. The van der Waals surface area contributed by atoms with Gasteiger partial charge in [0.1, 0.15) is 5.75 Å². The van der Waals surface area contributed by atoms with E-state index < -0.39 is 6.10 Å². The van der Waals surface area contributed by atoms with Crippen LogP contribution < -0.4 is 10.1 Å². The molecule has 1 atom stereocenters. The van der Waals surface area contributed by atoms with Gasteiger partial charge in [-0.05, 0) is 37.6 Å². The average molecular weight is 329 g/mol. The van der Waals surface area contributed by atoms with Crippen molar-refractivity contribution in [3.63, 3.8) is 0 Å². The molecule has 130 valence electrons. The second kappa shape index (κ2) is 8.15. The van der Waals surface area contributed by atoms with E-state index in [9.17, 15) is 9.90 Å². The Hall–Kier alpha value is -2.07. The summed E-state index contributed by atoms with van der Waals surface area (Å²) in [5, 5.41) is 14.4. The van der Waals surface area contributed by atoms with Crippen molar-refractivity contribution in [3.8, 4) is 5.75 Å². The summed E-state index contributed by atoms with van der Waals surface area (Å²) in [6.07, 6.45) is 1.49. The van der Waals surface area contributed by atoms with Gasteiger partial charge in [0.25, 0.3) is 5.91 Å². The van der Waals surface area contributed by atoms with Crippen molar-refractivity contribution in [3.05, 3.63) is 42.5 Å². The van der Waals surface area contributed by atoms with E-state index in [2.05, 4.69) is 5.32 Å². The van der Waals surface area contributed by atoms with Gasteiger partial charge in [-0.2, -0.15) is 0 Å². The molecule has 0 aliphatic rings. The molecule has 0 saturated heterocycles. The molecule has 0 heterocycles. The molecule has 0 spiro atoms. The topological polar surface area (TPSA) is 58.6 Å². The number of benzene rings is 2. The molecule has 1 amide bonds. The number of fused-ring (bicyclic) bond motifs is 1. The first-order valence-corrected chi connectivity index (χ1v) is 8.62. The molecule has 2 aromatic carbocycles. The maximum absolute atomic E-state index is 12.6. The van der Waals surface area contributed by atoms with Crippen LogP contribution in [0, 0.1) is 0 Å². The molecule has 4 heteroatoms.